The summed E-state index contributed by atoms with van der Waals surface area (Å²) in [5, 5.41) is 3.70. The Labute approximate surface area is 128 Å². The molecule has 1 aromatic heterocycles. The van der Waals surface area contributed by atoms with Crippen molar-refractivity contribution in [3.63, 3.8) is 0 Å². The van der Waals surface area contributed by atoms with Crippen LogP contribution >= 0.6 is 15.9 Å². The number of aromatic nitrogens is 2. The standard InChI is InChI=1S/C16H20BrN3/c17-15-5-3-4-14-13(15)6-7-16(14)19-8-1-2-10-20-11-9-18-12-20/h3-5,9,11-12,16,19H,1-2,6-8,10H2. The molecule has 0 amide bonds. The van der Waals surface area contributed by atoms with Crippen LogP contribution in [0.5, 0.6) is 0 Å². The second-order valence-corrected chi connectivity index (χ2v) is 6.21. The van der Waals surface area contributed by atoms with Gasteiger partial charge in [0.1, 0.15) is 0 Å². The third-order valence-electron chi connectivity index (χ3n) is 4.01. The first-order valence-electron chi connectivity index (χ1n) is 7.31. The van der Waals surface area contributed by atoms with Crippen molar-refractivity contribution in [2.75, 3.05) is 6.54 Å². The molecule has 0 radical (unpaired) electrons. The Morgan fingerprint density at radius 1 is 1.35 bits per heavy atom. The fourth-order valence-electron chi connectivity index (χ4n) is 2.94. The molecule has 1 N–H and O–H groups in total. The lowest BCUT2D eigenvalue weighted by Crippen LogP contribution is -2.20. The van der Waals surface area contributed by atoms with Crippen LogP contribution in [0.2, 0.25) is 0 Å². The molecule has 1 unspecified atom stereocenters. The van der Waals surface area contributed by atoms with Crippen LogP contribution in [0, 0.1) is 0 Å². The van der Waals surface area contributed by atoms with Gasteiger partial charge in [-0.05, 0) is 49.4 Å². The molecule has 1 aliphatic carbocycles. The molecule has 1 atom stereocenters. The largest absolute Gasteiger partial charge is 0.337 e. The van der Waals surface area contributed by atoms with E-state index >= 15 is 0 Å². The first-order chi connectivity index (χ1) is 9.84. The Morgan fingerprint density at radius 3 is 3.15 bits per heavy atom. The van der Waals surface area contributed by atoms with Crippen molar-refractivity contribution in [2.24, 2.45) is 0 Å². The molecule has 0 aliphatic heterocycles. The van der Waals surface area contributed by atoms with Gasteiger partial charge >= 0.3 is 0 Å². The number of nitrogens with zero attached hydrogens (tertiary/aromatic N) is 2. The maximum atomic E-state index is 4.06. The van der Waals surface area contributed by atoms with Crippen LogP contribution in [-0.4, -0.2) is 16.1 Å². The van der Waals surface area contributed by atoms with Crippen LogP contribution in [0.4, 0.5) is 0 Å². The smallest absolute Gasteiger partial charge is 0.0945 e. The molecule has 3 rings (SSSR count). The Bertz CT molecular complexity index is 551. The Kier molecular flexibility index (Phi) is 4.53. The van der Waals surface area contributed by atoms with Gasteiger partial charge < -0.3 is 9.88 Å². The van der Waals surface area contributed by atoms with Gasteiger partial charge in [-0.25, -0.2) is 4.98 Å². The molecule has 0 fully saturated rings. The molecule has 1 heterocycles. The summed E-state index contributed by atoms with van der Waals surface area (Å²) in [7, 11) is 0. The van der Waals surface area contributed by atoms with E-state index in [9.17, 15) is 0 Å². The summed E-state index contributed by atoms with van der Waals surface area (Å²) in [4.78, 5) is 4.06. The predicted molar refractivity (Wildman–Crippen MR) is 84.7 cm³/mol. The minimum Gasteiger partial charge on any atom is -0.337 e. The van der Waals surface area contributed by atoms with E-state index in [1.807, 2.05) is 18.7 Å². The molecule has 1 aliphatic rings. The number of hydrogen-bond acceptors (Lipinski definition) is 2. The van der Waals surface area contributed by atoms with Gasteiger partial charge in [0.15, 0.2) is 0 Å². The van der Waals surface area contributed by atoms with Crippen LogP contribution in [0.1, 0.15) is 36.4 Å². The third kappa shape index (κ3) is 3.13. The zero-order chi connectivity index (χ0) is 13.8. The lowest BCUT2D eigenvalue weighted by molar-refractivity contribution is 0.498. The van der Waals surface area contributed by atoms with Crippen LogP contribution in [-0.2, 0) is 13.0 Å². The summed E-state index contributed by atoms with van der Waals surface area (Å²) >= 11 is 3.65. The second kappa shape index (κ2) is 6.55. The molecule has 0 bridgehead atoms. The lowest BCUT2D eigenvalue weighted by atomic mass is 10.1. The number of benzene rings is 1. The molecule has 106 valence electrons. The molecule has 3 nitrogen and oxygen atoms in total. The summed E-state index contributed by atoms with van der Waals surface area (Å²) < 4.78 is 3.40. The highest BCUT2D eigenvalue weighted by atomic mass is 79.9. The Morgan fingerprint density at radius 2 is 2.30 bits per heavy atom. The number of imidazole rings is 1. The minimum atomic E-state index is 0.538. The van der Waals surface area contributed by atoms with Gasteiger partial charge in [-0.3, -0.25) is 0 Å². The van der Waals surface area contributed by atoms with Crippen LogP contribution < -0.4 is 5.32 Å². The maximum Gasteiger partial charge on any atom is 0.0945 e. The molecule has 0 saturated heterocycles. The number of rotatable bonds is 6. The zero-order valence-corrected chi connectivity index (χ0v) is 13.1. The predicted octanol–water partition coefficient (Wildman–Crippen LogP) is 3.70. The van der Waals surface area contributed by atoms with Gasteiger partial charge in [0.25, 0.3) is 0 Å². The summed E-state index contributed by atoms with van der Waals surface area (Å²) in [5.41, 5.74) is 2.97. The molecule has 2 aromatic rings. The van der Waals surface area contributed by atoms with Crippen LogP contribution in [0.25, 0.3) is 0 Å². The molecule has 1 aromatic carbocycles. The first-order valence-corrected chi connectivity index (χ1v) is 8.10. The van der Waals surface area contributed by atoms with Crippen molar-refractivity contribution >= 4 is 15.9 Å². The van der Waals surface area contributed by atoms with E-state index in [1.165, 1.54) is 41.3 Å². The quantitative estimate of drug-likeness (QED) is 0.817. The summed E-state index contributed by atoms with van der Waals surface area (Å²) in [6, 6.07) is 7.08. The van der Waals surface area contributed by atoms with Crippen molar-refractivity contribution in [3.05, 3.63) is 52.5 Å². The van der Waals surface area contributed by atoms with Gasteiger partial charge in [0.05, 0.1) is 6.33 Å². The molecule has 0 saturated carbocycles. The number of fused-ring (bicyclic) bond motifs is 1. The number of nitrogens with one attached hydrogen (secondary N) is 1. The maximum absolute atomic E-state index is 4.06. The van der Waals surface area contributed by atoms with E-state index in [0.717, 1.165) is 13.1 Å². The Balaban J connectivity index is 1.43. The SMILES string of the molecule is Brc1cccc2c1CCC2NCCCCn1ccnc1. The molecule has 20 heavy (non-hydrogen) atoms. The van der Waals surface area contributed by atoms with Crippen molar-refractivity contribution in [3.8, 4) is 0 Å². The highest BCUT2D eigenvalue weighted by Crippen LogP contribution is 2.35. The number of halogens is 1. The van der Waals surface area contributed by atoms with Crippen LogP contribution in [0.15, 0.2) is 41.4 Å². The first kappa shape index (κ1) is 13.8. The van der Waals surface area contributed by atoms with Gasteiger partial charge in [-0.1, -0.05) is 28.1 Å². The average molecular weight is 334 g/mol. The monoisotopic (exact) mass is 333 g/mol. The Hall–Kier alpha value is -1.13. The summed E-state index contributed by atoms with van der Waals surface area (Å²) in [6.45, 7) is 2.15. The molecular formula is C16H20BrN3. The number of hydrogen-bond donors (Lipinski definition) is 1. The number of aryl methyl sites for hydroxylation is 1. The number of unbranched alkanes of at least 4 members (excludes halogenated alkanes) is 1. The summed E-state index contributed by atoms with van der Waals surface area (Å²) in [5.74, 6) is 0. The van der Waals surface area contributed by atoms with E-state index in [0.29, 0.717) is 6.04 Å². The van der Waals surface area contributed by atoms with Crippen LogP contribution in [0.3, 0.4) is 0 Å². The highest BCUT2D eigenvalue weighted by molar-refractivity contribution is 9.10. The van der Waals surface area contributed by atoms with E-state index < -0.39 is 0 Å². The van der Waals surface area contributed by atoms with Gasteiger partial charge in [0.2, 0.25) is 0 Å². The third-order valence-corrected chi connectivity index (χ3v) is 4.75. The normalized spacial score (nSPS) is 17.4. The molecular weight excluding hydrogens is 314 g/mol. The van der Waals surface area contributed by atoms with E-state index in [2.05, 4.69) is 49.0 Å². The minimum absolute atomic E-state index is 0.538. The lowest BCUT2D eigenvalue weighted by Gasteiger charge is -2.14. The average Bonchev–Trinajstić information content (AvgIpc) is 3.09. The van der Waals surface area contributed by atoms with E-state index in [1.54, 1.807) is 0 Å². The van der Waals surface area contributed by atoms with Gasteiger partial charge in [-0.2, -0.15) is 0 Å². The van der Waals surface area contributed by atoms with E-state index in [-0.39, 0.29) is 0 Å². The van der Waals surface area contributed by atoms with Gasteiger partial charge in [0, 0.05) is 29.5 Å². The van der Waals surface area contributed by atoms with Crippen molar-refractivity contribution < 1.29 is 0 Å². The topological polar surface area (TPSA) is 29.9 Å². The van der Waals surface area contributed by atoms with Gasteiger partial charge in [-0.15, -0.1) is 0 Å². The van der Waals surface area contributed by atoms with Crippen molar-refractivity contribution in [1.29, 1.82) is 0 Å². The van der Waals surface area contributed by atoms with Crippen molar-refractivity contribution in [1.82, 2.24) is 14.9 Å². The fourth-order valence-corrected chi connectivity index (χ4v) is 3.52. The highest BCUT2D eigenvalue weighted by Gasteiger charge is 2.22. The zero-order valence-electron chi connectivity index (χ0n) is 11.6. The molecule has 4 heteroatoms. The van der Waals surface area contributed by atoms with Crippen molar-refractivity contribution in [2.45, 2.75) is 38.3 Å². The molecule has 0 spiro atoms. The summed E-state index contributed by atoms with van der Waals surface area (Å²) in [6.07, 6.45) is 10.6. The second-order valence-electron chi connectivity index (χ2n) is 5.36. The van der Waals surface area contributed by atoms with E-state index in [4.69, 9.17) is 0 Å². The fraction of sp³-hybridized carbons (Fsp3) is 0.438.